The standard InChI is InChI=1S/C24BF20.C16H16NO4/c26-5-1(6(27)14(35)21(42)13(5)34)25(2-7(28)15(36)22(43)16(37)8(2)29,3-9(30)17(38)23(44)18(39)10(3)31)4-11(32)19(40)24(45)20(41)12(4)33;1-20-15(18)14(16(19)21-2)8-10-17-9-7-12-5-3-4-6-13(12)11-17/h;3-9,11H,10H2,1-2H3/q-1;+1. The van der Waals surface area contributed by atoms with Crippen LogP contribution in [0.1, 0.15) is 0 Å². The Morgan fingerprint density at radius 2 is 0.682 bits per heavy atom. The number of rotatable bonds is 8. The van der Waals surface area contributed by atoms with Crippen molar-refractivity contribution in [3.63, 3.8) is 0 Å². The summed E-state index contributed by atoms with van der Waals surface area (Å²) in [5, 5.41) is 2.20. The summed E-state index contributed by atoms with van der Waals surface area (Å²) in [6, 6.07) is 9.91. The molecule has 1 heterocycles. The maximum Gasteiger partial charge on any atom is 0.345 e. The molecule has 0 atom stereocenters. The van der Waals surface area contributed by atoms with Crippen molar-refractivity contribution in [1.29, 1.82) is 0 Å². The number of halogens is 20. The van der Waals surface area contributed by atoms with Crippen LogP contribution in [0.4, 0.5) is 87.8 Å². The van der Waals surface area contributed by atoms with Gasteiger partial charge in [-0.15, -0.1) is 21.9 Å². The minimum atomic E-state index is -7.22. The molecule has 0 saturated carbocycles. The molecule has 0 spiro atoms. The molecule has 0 aliphatic rings. The second-order valence-electron chi connectivity index (χ2n) is 13.2. The second-order valence-corrected chi connectivity index (χ2v) is 13.2. The molecule has 5 aromatic carbocycles. The predicted molar refractivity (Wildman–Crippen MR) is 185 cm³/mol. The number of hydrogen-bond donors (Lipinski definition) is 0. The Labute approximate surface area is 353 Å². The zero-order chi connectivity index (χ0) is 49.6. The smallest absolute Gasteiger partial charge is 0.345 e. The lowest BCUT2D eigenvalue weighted by Crippen LogP contribution is -2.81. The van der Waals surface area contributed by atoms with Gasteiger partial charge in [0, 0.05) is 17.5 Å². The molecule has 5 nitrogen and oxygen atoms in total. The van der Waals surface area contributed by atoms with E-state index < -0.39 is 156 Å². The number of allylic oxidation sites excluding steroid dienone is 1. The molecule has 0 aliphatic heterocycles. The quantitative estimate of drug-likeness (QED) is 0.0186. The van der Waals surface area contributed by atoms with E-state index >= 15 is 35.1 Å². The van der Waals surface area contributed by atoms with Crippen LogP contribution in [-0.2, 0) is 25.6 Å². The highest BCUT2D eigenvalue weighted by Gasteiger charge is 2.52. The summed E-state index contributed by atoms with van der Waals surface area (Å²) >= 11 is 0. The normalized spacial score (nSPS) is 11.4. The lowest BCUT2D eigenvalue weighted by molar-refractivity contribution is -0.685. The van der Waals surface area contributed by atoms with Crippen molar-refractivity contribution in [3.8, 4) is 0 Å². The molecule has 0 N–H and O–H groups in total. The van der Waals surface area contributed by atoms with Crippen LogP contribution >= 0.6 is 0 Å². The van der Waals surface area contributed by atoms with Gasteiger partial charge in [-0.2, -0.15) is 0 Å². The highest BCUT2D eigenvalue weighted by Crippen LogP contribution is 2.31. The van der Waals surface area contributed by atoms with Crippen molar-refractivity contribution in [3.05, 3.63) is 171 Å². The van der Waals surface area contributed by atoms with E-state index in [9.17, 15) is 62.3 Å². The number of fused-ring (bicyclic) bond motifs is 1. The van der Waals surface area contributed by atoms with Gasteiger partial charge in [0.05, 0.1) is 14.2 Å². The fourth-order valence-electron chi connectivity index (χ4n) is 6.83. The topological polar surface area (TPSA) is 56.5 Å². The van der Waals surface area contributed by atoms with Crippen molar-refractivity contribution >= 4 is 50.7 Å². The Balaban J connectivity index is 0.000000324. The van der Waals surface area contributed by atoms with Crippen LogP contribution < -0.4 is 26.4 Å². The number of pyridine rings is 1. The van der Waals surface area contributed by atoms with Gasteiger partial charge in [-0.3, -0.25) is 0 Å². The summed E-state index contributed by atoms with van der Waals surface area (Å²) < 4.78 is 305. The van der Waals surface area contributed by atoms with E-state index in [1.165, 1.54) is 20.3 Å². The summed E-state index contributed by atoms with van der Waals surface area (Å²) in [5.74, 6) is -72.8. The fourth-order valence-corrected chi connectivity index (χ4v) is 6.83. The van der Waals surface area contributed by atoms with Gasteiger partial charge >= 0.3 is 11.9 Å². The summed E-state index contributed by atoms with van der Waals surface area (Å²) in [6.07, 6.45) is -1.90. The van der Waals surface area contributed by atoms with Gasteiger partial charge in [-0.1, -0.05) is 18.2 Å². The molecule has 66 heavy (non-hydrogen) atoms. The lowest BCUT2D eigenvalue weighted by atomic mass is 9.12. The van der Waals surface area contributed by atoms with Crippen molar-refractivity contribution in [2.24, 2.45) is 0 Å². The highest BCUT2D eigenvalue weighted by atomic mass is 19.2. The maximum atomic E-state index is 15.4. The molecule has 6 aromatic rings. The van der Waals surface area contributed by atoms with Crippen LogP contribution in [0.2, 0.25) is 0 Å². The molecule has 0 aliphatic carbocycles. The number of esters is 2. The molecule has 1 aromatic heterocycles. The van der Waals surface area contributed by atoms with E-state index in [-0.39, 0.29) is 5.57 Å². The van der Waals surface area contributed by atoms with Crippen molar-refractivity contribution in [1.82, 2.24) is 0 Å². The molecular formula is C40H16BF20NO4. The summed E-state index contributed by atoms with van der Waals surface area (Å²) in [6.45, 7) is 0.365. The van der Waals surface area contributed by atoms with Crippen LogP contribution in [0.3, 0.4) is 0 Å². The molecule has 0 bridgehead atoms. The van der Waals surface area contributed by atoms with Gasteiger partial charge in [-0.05, 0) is 11.5 Å². The SMILES string of the molecule is COC(=O)C(=CC[n+]1ccc2ccccc2c1)C(=O)OC.Fc1c(F)c(F)c([B-](c2c(F)c(F)c(F)c(F)c2F)(c2c(F)c(F)c(F)c(F)c2F)c2c(F)c(F)c(F)c(F)c2F)c(F)c1F. The third-order valence-electron chi connectivity index (χ3n) is 9.77. The Morgan fingerprint density at radius 3 is 0.955 bits per heavy atom. The number of benzene rings is 5. The van der Waals surface area contributed by atoms with E-state index in [1.807, 2.05) is 47.3 Å². The molecule has 6 rings (SSSR count). The van der Waals surface area contributed by atoms with E-state index in [4.69, 9.17) is 0 Å². The maximum absolute atomic E-state index is 15.4. The lowest BCUT2D eigenvalue weighted by Gasteiger charge is -2.44. The number of carbonyl (C=O) groups excluding carboxylic acids is 2. The first-order chi connectivity index (χ1) is 30.9. The largest absolute Gasteiger partial charge is 0.465 e. The van der Waals surface area contributed by atoms with Crippen LogP contribution in [0.25, 0.3) is 10.8 Å². The molecule has 26 heteroatoms. The average Bonchev–Trinajstić information content (AvgIpc) is 3.31. The Hall–Kier alpha value is -7.15. The number of aromatic nitrogens is 1. The van der Waals surface area contributed by atoms with Gasteiger partial charge < -0.3 is 9.47 Å². The first-order valence-corrected chi connectivity index (χ1v) is 17.3. The first kappa shape index (κ1) is 49.9. The van der Waals surface area contributed by atoms with Crippen molar-refractivity contribution in [2.45, 2.75) is 6.54 Å². The van der Waals surface area contributed by atoms with Crippen molar-refractivity contribution < 1.29 is 111 Å². The van der Waals surface area contributed by atoms with E-state index in [2.05, 4.69) is 9.47 Å². The number of methoxy groups -OCH3 is 2. The van der Waals surface area contributed by atoms with Gasteiger partial charge in [0.15, 0.2) is 88.7 Å². The van der Waals surface area contributed by atoms with Crippen molar-refractivity contribution in [2.75, 3.05) is 14.2 Å². The third-order valence-corrected chi connectivity index (χ3v) is 9.77. The highest BCUT2D eigenvalue weighted by molar-refractivity contribution is 7.20. The molecular weight excluding hydrogens is 949 g/mol. The fraction of sp³-hybridized carbons (Fsp3) is 0.0750. The number of nitrogens with zero attached hydrogens (tertiary/aromatic N) is 1. The Bertz CT molecular complexity index is 2640. The molecule has 348 valence electrons. The molecule has 0 saturated heterocycles. The van der Waals surface area contributed by atoms with Crippen LogP contribution in [-0.4, -0.2) is 32.3 Å². The number of carbonyl (C=O) groups is 2. The minimum absolute atomic E-state index is 0.111. The molecule has 0 radical (unpaired) electrons. The van der Waals surface area contributed by atoms with Gasteiger partial charge in [0.25, 0.3) is 0 Å². The number of hydrogen-bond acceptors (Lipinski definition) is 4. The van der Waals surface area contributed by atoms with Gasteiger partial charge in [0.2, 0.25) is 0 Å². The predicted octanol–water partition coefficient (Wildman–Crippen LogP) is 7.25. The second kappa shape index (κ2) is 18.8. The Kier molecular flexibility index (Phi) is 14.2. The summed E-state index contributed by atoms with van der Waals surface area (Å²) in [5.41, 5.74) is -14.4. The number of ether oxygens (including phenoxy) is 2. The van der Waals surface area contributed by atoms with Gasteiger partial charge in [0.1, 0.15) is 58.3 Å². The van der Waals surface area contributed by atoms with Gasteiger partial charge in [-0.25, -0.2) is 102 Å². The molecule has 0 amide bonds. The molecule has 0 unspecified atom stereocenters. The van der Waals surface area contributed by atoms with Crippen LogP contribution in [0.5, 0.6) is 0 Å². The zero-order valence-electron chi connectivity index (χ0n) is 32.0. The first-order valence-electron chi connectivity index (χ1n) is 17.3. The average molecular weight is 965 g/mol. The Morgan fingerprint density at radius 1 is 0.424 bits per heavy atom. The summed E-state index contributed by atoms with van der Waals surface area (Å²) in [7, 11) is 2.45. The summed E-state index contributed by atoms with van der Waals surface area (Å²) in [4.78, 5) is 23.1. The van der Waals surface area contributed by atoms with E-state index in [0.29, 0.717) is 6.54 Å². The van der Waals surface area contributed by atoms with Crippen LogP contribution in [0.15, 0.2) is 54.4 Å². The van der Waals surface area contributed by atoms with E-state index in [1.54, 1.807) is 0 Å². The van der Waals surface area contributed by atoms with E-state index in [0.717, 1.165) is 10.8 Å². The van der Waals surface area contributed by atoms with Crippen LogP contribution in [0, 0.1) is 116 Å². The zero-order valence-corrected chi connectivity index (χ0v) is 32.0. The minimum Gasteiger partial charge on any atom is -0.465 e. The molecule has 0 fully saturated rings. The monoisotopic (exact) mass is 965 g/mol. The third kappa shape index (κ3) is 7.90.